The summed E-state index contributed by atoms with van der Waals surface area (Å²) in [7, 11) is -2.89. The highest BCUT2D eigenvalue weighted by Gasteiger charge is 2.23. The summed E-state index contributed by atoms with van der Waals surface area (Å²) in [6, 6.07) is 8.01. The Kier molecular flexibility index (Phi) is 5.00. The molecule has 1 amide bonds. The summed E-state index contributed by atoms with van der Waals surface area (Å²) in [6.07, 6.45) is 0. The van der Waals surface area contributed by atoms with Crippen LogP contribution in [0.15, 0.2) is 24.3 Å². The van der Waals surface area contributed by atoms with Gasteiger partial charge in [0.25, 0.3) is 0 Å². The van der Waals surface area contributed by atoms with Gasteiger partial charge in [0.2, 0.25) is 5.91 Å². The lowest BCUT2D eigenvalue weighted by Gasteiger charge is -2.26. The molecule has 1 aromatic carbocycles. The van der Waals surface area contributed by atoms with Crippen molar-refractivity contribution in [1.82, 2.24) is 10.2 Å². The van der Waals surface area contributed by atoms with Crippen LogP contribution in [0.1, 0.15) is 24.1 Å². The standard InChI is InChI=1S/C15H22N2O3S/c1-12-3-5-14(6-4-12)13(2)16-15(18)11-17-7-9-21(19,20)10-8-17/h3-6,13H,7-11H2,1-2H3,(H,16,18)/t13-/m0/s1. The number of benzene rings is 1. The zero-order valence-corrected chi connectivity index (χ0v) is 13.3. The second kappa shape index (κ2) is 6.58. The molecule has 5 nitrogen and oxygen atoms in total. The molecule has 0 spiro atoms. The largest absolute Gasteiger partial charge is 0.348 e. The van der Waals surface area contributed by atoms with E-state index in [0.717, 1.165) is 5.56 Å². The van der Waals surface area contributed by atoms with Gasteiger partial charge in [0, 0.05) is 13.1 Å². The first-order valence-electron chi connectivity index (χ1n) is 7.14. The minimum absolute atomic E-state index is 0.0494. The number of sulfone groups is 1. The third-order valence-electron chi connectivity index (χ3n) is 3.76. The van der Waals surface area contributed by atoms with E-state index in [2.05, 4.69) is 5.32 Å². The van der Waals surface area contributed by atoms with Gasteiger partial charge in [-0.25, -0.2) is 8.42 Å². The molecule has 1 heterocycles. The van der Waals surface area contributed by atoms with Crippen molar-refractivity contribution in [2.24, 2.45) is 0 Å². The Balaban J connectivity index is 1.83. The van der Waals surface area contributed by atoms with Gasteiger partial charge in [0.15, 0.2) is 9.84 Å². The molecule has 1 atom stereocenters. The summed E-state index contributed by atoms with van der Waals surface area (Å²) in [6.45, 7) is 5.11. The predicted molar refractivity (Wildman–Crippen MR) is 82.8 cm³/mol. The fourth-order valence-corrected chi connectivity index (χ4v) is 3.61. The zero-order chi connectivity index (χ0) is 15.5. The smallest absolute Gasteiger partial charge is 0.234 e. The first-order chi connectivity index (χ1) is 9.85. The maximum atomic E-state index is 12.0. The van der Waals surface area contributed by atoms with Gasteiger partial charge in [-0.1, -0.05) is 29.8 Å². The van der Waals surface area contributed by atoms with Gasteiger partial charge < -0.3 is 5.32 Å². The molecule has 1 saturated heterocycles. The number of carbonyl (C=O) groups excluding carboxylic acids is 1. The van der Waals surface area contributed by atoms with Crippen LogP contribution in [-0.2, 0) is 14.6 Å². The van der Waals surface area contributed by atoms with Crippen LogP contribution in [-0.4, -0.2) is 50.4 Å². The molecule has 116 valence electrons. The molecule has 1 aliphatic rings. The molecule has 0 saturated carbocycles. The number of nitrogens with one attached hydrogen (secondary N) is 1. The number of hydrogen-bond donors (Lipinski definition) is 1. The second-order valence-corrected chi connectivity index (χ2v) is 7.93. The Morgan fingerprint density at radius 1 is 1.24 bits per heavy atom. The van der Waals surface area contributed by atoms with Gasteiger partial charge in [-0.2, -0.15) is 0 Å². The van der Waals surface area contributed by atoms with Crippen LogP contribution in [0.2, 0.25) is 0 Å². The summed E-state index contributed by atoms with van der Waals surface area (Å²) in [4.78, 5) is 13.9. The number of amides is 1. The third-order valence-corrected chi connectivity index (χ3v) is 5.37. The molecular formula is C15H22N2O3S. The molecule has 0 unspecified atom stereocenters. The minimum atomic E-state index is -2.89. The molecule has 0 bridgehead atoms. The van der Waals surface area contributed by atoms with Gasteiger partial charge in [-0.3, -0.25) is 9.69 Å². The fraction of sp³-hybridized carbons (Fsp3) is 0.533. The van der Waals surface area contributed by atoms with E-state index in [4.69, 9.17) is 0 Å². The van der Waals surface area contributed by atoms with Crippen LogP contribution in [0.25, 0.3) is 0 Å². The average Bonchev–Trinajstić information content (AvgIpc) is 2.42. The molecule has 0 aliphatic carbocycles. The van der Waals surface area contributed by atoms with Crippen molar-refractivity contribution in [2.75, 3.05) is 31.1 Å². The van der Waals surface area contributed by atoms with Crippen molar-refractivity contribution in [3.63, 3.8) is 0 Å². The lowest BCUT2D eigenvalue weighted by Crippen LogP contribution is -2.45. The highest BCUT2D eigenvalue weighted by atomic mass is 32.2. The van der Waals surface area contributed by atoms with Crippen LogP contribution >= 0.6 is 0 Å². The maximum Gasteiger partial charge on any atom is 0.234 e. The Morgan fingerprint density at radius 2 is 1.81 bits per heavy atom. The predicted octanol–water partition coefficient (Wildman–Crippen LogP) is 0.903. The number of nitrogens with zero attached hydrogens (tertiary/aromatic N) is 1. The van der Waals surface area contributed by atoms with Crippen LogP contribution in [0.5, 0.6) is 0 Å². The van der Waals surface area contributed by atoms with E-state index in [1.807, 2.05) is 43.0 Å². The molecule has 6 heteroatoms. The molecule has 1 N–H and O–H groups in total. The number of hydrogen-bond acceptors (Lipinski definition) is 4. The van der Waals surface area contributed by atoms with Gasteiger partial charge in [-0.15, -0.1) is 0 Å². The van der Waals surface area contributed by atoms with Crippen LogP contribution in [0, 0.1) is 6.92 Å². The summed E-state index contributed by atoms with van der Waals surface area (Å²) >= 11 is 0. The van der Waals surface area contributed by atoms with E-state index >= 15 is 0 Å². The fourth-order valence-electron chi connectivity index (χ4n) is 2.34. The normalized spacial score (nSPS) is 19.9. The highest BCUT2D eigenvalue weighted by molar-refractivity contribution is 7.91. The molecule has 0 radical (unpaired) electrons. The first kappa shape index (κ1) is 16.0. The van der Waals surface area contributed by atoms with E-state index in [1.165, 1.54) is 5.56 Å². The minimum Gasteiger partial charge on any atom is -0.348 e. The molecule has 21 heavy (non-hydrogen) atoms. The van der Waals surface area contributed by atoms with Crippen molar-refractivity contribution in [2.45, 2.75) is 19.9 Å². The quantitative estimate of drug-likeness (QED) is 0.897. The first-order valence-corrected chi connectivity index (χ1v) is 8.96. The average molecular weight is 310 g/mol. The molecule has 0 aromatic heterocycles. The van der Waals surface area contributed by atoms with Crippen molar-refractivity contribution in [3.05, 3.63) is 35.4 Å². The molecule has 1 fully saturated rings. The van der Waals surface area contributed by atoms with Gasteiger partial charge in [-0.05, 0) is 19.4 Å². The second-order valence-electron chi connectivity index (χ2n) is 5.63. The Labute approximate surface area is 126 Å². The summed E-state index contributed by atoms with van der Waals surface area (Å²) < 4.78 is 22.7. The van der Waals surface area contributed by atoms with Gasteiger partial charge in [0.1, 0.15) is 0 Å². The van der Waals surface area contributed by atoms with Gasteiger partial charge >= 0.3 is 0 Å². The highest BCUT2D eigenvalue weighted by Crippen LogP contribution is 2.13. The van der Waals surface area contributed by atoms with Crippen LogP contribution < -0.4 is 5.32 Å². The van der Waals surface area contributed by atoms with E-state index in [1.54, 1.807) is 0 Å². The van der Waals surface area contributed by atoms with E-state index in [9.17, 15) is 13.2 Å². The Bertz CT molecular complexity index is 582. The van der Waals surface area contributed by atoms with E-state index < -0.39 is 9.84 Å². The van der Waals surface area contributed by atoms with Crippen molar-refractivity contribution in [3.8, 4) is 0 Å². The van der Waals surface area contributed by atoms with Crippen LogP contribution in [0.4, 0.5) is 0 Å². The van der Waals surface area contributed by atoms with E-state index in [-0.39, 0.29) is 30.0 Å². The topological polar surface area (TPSA) is 66.5 Å². The Morgan fingerprint density at radius 3 is 2.38 bits per heavy atom. The zero-order valence-electron chi connectivity index (χ0n) is 12.5. The monoisotopic (exact) mass is 310 g/mol. The summed E-state index contributed by atoms with van der Waals surface area (Å²) in [5.41, 5.74) is 2.25. The van der Waals surface area contributed by atoms with Crippen LogP contribution in [0.3, 0.4) is 0 Å². The molecule has 1 aliphatic heterocycles. The number of aryl methyl sites for hydroxylation is 1. The van der Waals surface area contributed by atoms with Crippen molar-refractivity contribution in [1.29, 1.82) is 0 Å². The molecule has 1 aromatic rings. The third kappa shape index (κ3) is 4.82. The summed E-state index contributed by atoms with van der Waals surface area (Å²) in [5.74, 6) is 0.226. The maximum absolute atomic E-state index is 12.0. The lowest BCUT2D eigenvalue weighted by atomic mass is 10.1. The molecule has 2 rings (SSSR count). The van der Waals surface area contributed by atoms with E-state index in [0.29, 0.717) is 13.1 Å². The summed E-state index contributed by atoms with van der Waals surface area (Å²) in [5, 5.41) is 2.95. The van der Waals surface area contributed by atoms with Crippen molar-refractivity contribution < 1.29 is 13.2 Å². The Hall–Kier alpha value is -1.40. The SMILES string of the molecule is Cc1ccc([C@H](C)NC(=O)CN2CCS(=O)(=O)CC2)cc1. The molecular weight excluding hydrogens is 288 g/mol. The number of carbonyl (C=O) groups is 1. The van der Waals surface area contributed by atoms with Crippen molar-refractivity contribution >= 4 is 15.7 Å². The number of rotatable bonds is 4. The van der Waals surface area contributed by atoms with Gasteiger partial charge in [0.05, 0.1) is 24.1 Å². The lowest BCUT2D eigenvalue weighted by molar-refractivity contribution is -0.122.